The summed E-state index contributed by atoms with van der Waals surface area (Å²) in [5, 5.41) is 9.24. The predicted molar refractivity (Wildman–Crippen MR) is 92.0 cm³/mol. The van der Waals surface area contributed by atoms with Gasteiger partial charge in [0.2, 0.25) is 5.91 Å². The van der Waals surface area contributed by atoms with Crippen LogP contribution in [0.3, 0.4) is 0 Å². The number of nitrogens with one attached hydrogen (secondary N) is 1. The summed E-state index contributed by atoms with van der Waals surface area (Å²) >= 11 is 1.00. The molecule has 10 heteroatoms. The summed E-state index contributed by atoms with van der Waals surface area (Å²) in [6, 6.07) is 5.03. The lowest BCUT2D eigenvalue weighted by atomic mass is 10.1. The number of imide groups is 1. The third-order valence-electron chi connectivity index (χ3n) is 3.25. The molecule has 0 aliphatic heterocycles. The number of halogens is 1. The number of thioether (sulfide) groups is 1. The lowest BCUT2D eigenvalue weighted by molar-refractivity contribution is -0.120. The largest absolute Gasteiger partial charge is 0.478 e. The molecule has 0 bridgehead atoms. The number of nitrogens with zero attached hydrogens (tertiary/aromatic N) is 2. The smallest absolute Gasteiger partial charge is 0.318 e. The highest BCUT2D eigenvalue weighted by Crippen LogP contribution is 2.30. The summed E-state index contributed by atoms with van der Waals surface area (Å²) in [6.45, 7) is 5.24. The van der Waals surface area contributed by atoms with Crippen molar-refractivity contribution in [1.29, 1.82) is 0 Å². The predicted octanol–water partition coefficient (Wildman–Crippen LogP) is 2.66. The van der Waals surface area contributed by atoms with E-state index < -0.39 is 29.1 Å². The molecular formula is C16H19FN4O4S. The Labute approximate surface area is 153 Å². The molecule has 0 saturated heterocycles. The van der Waals surface area contributed by atoms with Gasteiger partial charge in [-0.1, -0.05) is 37.7 Å². The molecule has 3 amide bonds. The Morgan fingerprint density at radius 3 is 2.58 bits per heavy atom. The van der Waals surface area contributed by atoms with Crippen molar-refractivity contribution in [2.75, 3.05) is 0 Å². The maximum absolute atomic E-state index is 13.6. The molecule has 0 aliphatic rings. The Hall–Kier alpha value is -2.62. The number of ether oxygens (including phenoxy) is 1. The number of amides is 3. The lowest BCUT2D eigenvalue weighted by Gasteiger charge is -2.16. The van der Waals surface area contributed by atoms with E-state index in [4.69, 9.17) is 14.9 Å². The zero-order valence-electron chi connectivity index (χ0n) is 14.4. The Balaban J connectivity index is 2.06. The van der Waals surface area contributed by atoms with Crippen LogP contribution in [-0.4, -0.2) is 27.4 Å². The Kier molecular flexibility index (Phi) is 6.56. The number of para-hydroxylation sites is 1. The fraction of sp³-hybridized carbons (Fsp3) is 0.375. The molecule has 0 fully saturated rings. The molecule has 2 aromatic rings. The van der Waals surface area contributed by atoms with Gasteiger partial charge in [-0.2, -0.15) is 0 Å². The van der Waals surface area contributed by atoms with Crippen molar-refractivity contribution in [3.63, 3.8) is 0 Å². The molecule has 3 N–H and O–H groups in total. The van der Waals surface area contributed by atoms with E-state index in [2.05, 4.69) is 10.2 Å². The average Bonchev–Trinajstić information content (AvgIpc) is 3.02. The van der Waals surface area contributed by atoms with Crippen LogP contribution in [-0.2, 0) is 4.79 Å². The second-order valence-electron chi connectivity index (χ2n) is 5.73. The molecule has 26 heavy (non-hydrogen) atoms. The van der Waals surface area contributed by atoms with E-state index in [1.165, 1.54) is 12.1 Å². The zero-order valence-corrected chi connectivity index (χ0v) is 15.2. The van der Waals surface area contributed by atoms with Gasteiger partial charge in [0.1, 0.15) is 0 Å². The van der Waals surface area contributed by atoms with E-state index in [1.54, 1.807) is 32.9 Å². The minimum absolute atomic E-state index is 0.0632. The lowest BCUT2D eigenvalue weighted by Crippen LogP contribution is -2.42. The van der Waals surface area contributed by atoms with Crippen molar-refractivity contribution in [3.8, 4) is 5.75 Å². The fourth-order valence-electron chi connectivity index (χ4n) is 2.01. The van der Waals surface area contributed by atoms with Gasteiger partial charge in [-0.3, -0.25) is 10.1 Å². The van der Waals surface area contributed by atoms with E-state index in [9.17, 15) is 14.0 Å². The summed E-state index contributed by atoms with van der Waals surface area (Å²) in [4.78, 5) is 22.9. The van der Waals surface area contributed by atoms with Crippen LogP contribution in [0.2, 0.25) is 0 Å². The van der Waals surface area contributed by atoms with Gasteiger partial charge in [0, 0.05) is 0 Å². The first kappa shape index (κ1) is 19.7. The SMILES string of the molecule is CC(C)[C@@H](Sc1nnc([C@@H](C)Oc2ccccc2F)o1)C(=O)NC(N)=O. The first-order valence-electron chi connectivity index (χ1n) is 7.79. The van der Waals surface area contributed by atoms with E-state index >= 15 is 0 Å². The number of rotatable bonds is 7. The summed E-state index contributed by atoms with van der Waals surface area (Å²) in [6.07, 6.45) is -0.689. The van der Waals surface area contributed by atoms with Crippen LogP contribution in [0.5, 0.6) is 5.75 Å². The van der Waals surface area contributed by atoms with Gasteiger partial charge < -0.3 is 14.9 Å². The molecule has 1 aromatic heterocycles. The Morgan fingerprint density at radius 1 is 1.27 bits per heavy atom. The van der Waals surface area contributed by atoms with Crippen molar-refractivity contribution in [2.24, 2.45) is 11.7 Å². The number of nitrogens with two attached hydrogens (primary N) is 1. The summed E-state index contributed by atoms with van der Waals surface area (Å²) in [5.41, 5.74) is 4.98. The van der Waals surface area contributed by atoms with Crippen LogP contribution in [0.15, 0.2) is 33.9 Å². The van der Waals surface area contributed by atoms with Crippen molar-refractivity contribution in [3.05, 3.63) is 36.0 Å². The van der Waals surface area contributed by atoms with E-state index in [-0.39, 0.29) is 22.8 Å². The molecule has 1 aromatic carbocycles. The maximum Gasteiger partial charge on any atom is 0.318 e. The van der Waals surface area contributed by atoms with Crippen LogP contribution in [0.4, 0.5) is 9.18 Å². The van der Waals surface area contributed by atoms with Gasteiger partial charge in [0.05, 0.1) is 5.25 Å². The number of carbonyl (C=O) groups is 2. The quantitative estimate of drug-likeness (QED) is 0.706. The molecule has 0 saturated carbocycles. The minimum Gasteiger partial charge on any atom is -0.478 e. The van der Waals surface area contributed by atoms with E-state index in [0.717, 1.165) is 11.8 Å². The highest BCUT2D eigenvalue weighted by atomic mass is 32.2. The second kappa shape index (κ2) is 8.65. The molecule has 140 valence electrons. The van der Waals surface area contributed by atoms with E-state index in [0.29, 0.717) is 0 Å². The number of urea groups is 1. The van der Waals surface area contributed by atoms with Gasteiger partial charge in [-0.25, -0.2) is 9.18 Å². The molecule has 0 spiro atoms. The highest BCUT2D eigenvalue weighted by molar-refractivity contribution is 8.00. The number of hydrogen-bond donors (Lipinski definition) is 2. The Bertz CT molecular complexity index is 783. The van der Waals surface area contributed by atoms with Crippen LogP contribution in [0.25, 0.3) is 0 Å². The third-order valence-corrected chi connectivity index (χ3v) is 4.63. The van der Waals surface area contributed by atoms with Crippen molar-refractivity contribution >= 4 is 23.7 Å². The summed E-state index contributed by atoms with van der Waals surface area (Å²) in [7, 11) is 0. The van der Waals surface area contributed by atoms with Gasteiger partial charge in [0.25, 0.3) is 11.1 Å². The standard InChI is InChI=1S/C16H19FN4O4S/c1-8(2)12(13(22)19-15(18)23)26-16-21-20-14(25-16)9(3)24-11-7-5-4-6-10(11)17/h4-9,12H,1-3H3,(H3,18,19,22,23)/t9-,12-/m1/s1. The summed E-state index contributed by atoms with van der Waals surface area (Å²) in [5.74, 6) is -0.979. The molecular weight excluding hydrogens is 363 g/mol. The molecule has 1 heterocycles. The second-order valence-corrected chi connectivity index (χ2v) is 6.83. The highest BCUT2D eigenvalue weighted by Gasteiger charge is 2.28. The van der Waals surface area contributed by atoms with Crippen LogP contribution in [0, 0.1) is 11.7 Å². The first-order valence-corrected chi connectivity index (χ1v) is 8.67. The van der Waals surface area contributed by atoms with Crippen molar-refractivity contribution in [1.82, 2.24) is 15.5 Å². The number of carbonyl (C=O) groups excluding carboxylic acids is 2. The molecule has 2 rings (SSSR count). The van der Waals surface area contributed by atoms with Gasteiger partial charge >= 0.3 is 6.03 Å². The number of aromatic nitrogens is 2. The number of hydrogen-bond acceptors (Lipinski definition) is 7. The molecule has 0 unspecified atom stereocenters. The molecule has 0 aliphatic carbocycles. The van der Waals surface area contributed by atoms with E-state index in [1.807, 2.05) is 5.32 Å². The third kappa shape index (κ3) is 5.19. The van der Waals surface area contributed by atoms with Gasteiger partial charge in [0.15, 0.2) is 17.7 Å². The minimum atomic E-state index is -0.931. The fourth-order valence-corrected chi connectivity index (χ4v) is 2.88. The maximum atomic E-state index is 13.6. The Morgan fingerprint density at radius 2 is 1.96 bits per heavy atom. The normalized spacial score (nSPS) is 13.3. The van der Waals surface area contributed by atoms with Crippen LogP contribution in [0.1, 0.15) is 32.8 Å². The van der Waals surface area contributed by atoms with Gasteiger partial charge in [-0.05, 0) is 25.0 Å². The van der Waals surface area contributed by atoms with Crippen molar-refractivity contribution in [2.45, 2.75) is 37.3 Å². The number of benzene rings is 1. The molecule has 8 nitrogen and oxygen atoms in total. The monoisotopic (exact) mass is 382 g/mol. The molecule has 0 radical (unpaired) electrons. The van der Waals surface area contributed by atoms with Crippen molar-refractivity contribution < 1.29 is 23.1 Å². The molecule has 2 atom stereocenters. The van der Waals surface area contributed by atoms with Crippen LogP contribution >= 0.6 is 11.8 Å². The first-order chi connectivity index (χ1) is 12.3. The topological polar surface area (TPSA) is 120 Å². The average molecular weight is 382 g/mol. The summed E-state index contributed by atoms with van der Waals surface area (Å²) < 4.78 is 24.6. The van der Waals surface area contributed by atoms with Crippen LogP contribution < -0.4 is 15.8 Å². The zero-order chi connectivity index (χ0) is 19.3. The van der Waals surface area contributed by atoms with Gasteiger partial charge in [-0.15, -0.1) is 10.2 Å². The number of primary amides is 1.